The van der Waals surface area contributed by atoms with Gasteiger partial charge in [-0.1, -0.05) is 0 Å². The summed E-state index contributed by atoms with van der Waals surface area (Å²) in [5.74, 6) is 0.444. The summed E-state index contributed by atoms with van der Waals surface area (Å²) in [6.45, 7) is 2.79. The molecule has 0 spiro atoms. The van der Waals surface area contributed by atoms with Crippen LogP contribution in [0.1, 0.15) is 6.92 Å². The molecule has 1 rings (SSSR count). The van der Waals surface area contributed by atoms with Crippen LogP contribution in [0.4, 0.5) is 13.2 Å². The number of amides is 1. The van der Waals surface area contributed by atoms with Gasteiger partial charge in [-0.25, -0.2) is 0 Å². The Labute approximate surface area is 152 Å². The molecule has 0 aromatic carbocycles. The van der Waals surface area contributed by atoms with Gasteiger partial charge in [0, 0.05) is 47.3 Å². The molecule has 1 amide bonds. The molecule has 0 radical (unpaired) electrons. The van der Waals surface area contributed by atoms with E-state index >= 15 is 0 Å². The molecule has 1 aliphatic heterocycles. The van der Waals surface area contributed by atoms with Gasteiger partial charge in [0.1, 0.15) is 6.04 Å². The average molecular weight is 451 g/mol. The number of guanidine groups is 1. The van der Waals surface area contributed by atoms with E-state index in [-0.39, 0.29) is 36.4 Å². The highest BCUT2D eigenvalue weighted by molar-refractivity contribution is 14.0. The van der Waals surface area contributed by atoms with Crippen LogP contribution in [-0.4, -0.2) is 92.7 Å². The fourth-order valence-corrected chi connectivity index (χ4v) is 2.17. The van der Waals surface area contributed by atoms with E-state index in [0.717, 1.165) is 0 Å². The third-order valence-electron chi connectivity index (χ3n) is 3.74. The summed E-state index contributed by atoms with van der Waals surface area (Å²) in [6, 6.07) is -1.44. The van der Waals surface area contributed by atoms with Crippen molar-refractivity contribution >= 4 is 35.8 Å². The second-order valence-corrected chi connectivity index (χ2v) is 5.43. The van der Waals surface area contributed by atoms with Gasteiger partial charge < -0.3 is 15.1 Å². The first-order valence-electron chi connectivity index (χ1n) is 7.13. The maximum Gasteiger partial charge on any atom is 0.403 e. The Bertz CT molecular complexity index is 409. The lowest BCUT2D eigenvalue weighted by atomic mass is 10.2. The lowest BCUT2D eigenvalue weighted by molar-refractivity contribution is -0.181. The predicted octanol–water partition coefficient (Wildman–Crippen LogP) is 0.836. The number of piperazine rings is 1. The van der Waals surface area contributed by atoms with Crippen molar-refractivity contribution in [1.29, 1.82) is 0 Å². The van der Waals surface area contributed by atoms with Crippen molar-refractivity contribution in [2.24, 2.45) is 4.99 Å². The van der Waals surface area contributed by atoms with Crippen molar-refractivity contribution < 1.29 is 18.0 Å². The minimum absolute atomic E-state index is 0. The maximum atomic E-state index is 12.7. The van der Waals surface area contributed by atoms with Crippen LogP contribution in [0, 0.1) is 0 Å². The minimum atomic E-state index is -4.21. The first-order chi connectivity index (χ1) is 10.2. The molecule has 6 nitrogen and oxygen atoms in total. The third kappa shape index (κ3) is 6.69. The highest BCUT2D eigenvalue weighted by Gasteiger charge is 2.41. The molecule has 1 heterocycles. The number of alkyl halides is 3. The zero-order chi connectivity index (χ0) is 16.9. The lowest BCUT2D eigenvalue weighted by Crippen LogP contribution is -2.57. The Kier molecular flexibility index (Phi) is 9.18. The number of halogens is 4. The van der Waals surface area contributed by atoms with E-state index in [0.29, 0.717) is 32.1 Å². The number of likely N-dealkylation sites (N-methyl/N-ethyl adjacent to an activating group) is 1. The van der Waals surface area contributed by atoms with Crippen LogP contribution in [-0.2, 0) is 4.79 Å². The Morgan fingerprint density at radius 3 is 2.17 bits per heavy atom. The molecule has 136 valence electrons. The summed E-state index contributed by atoms with van der Waals surface area (Å²) >= 11 is 0. The summed E-state index contributed by atoms with van der Waals surface area (Å²) in [5, 5.41) is 2.94. The fourth-order valence-electron chi connectivity index (χ4n) is 2.17. The molecule has 23 heavy (non-hydrogen) atoms. The van der Waals surface area contributed by atoms with E-state index < -0.39 is 12.2 Å². The number of carbonyl (C=O) groups is 1. The van der Waals surface area contributed by atoms with Crippen LogP contribution < -0.4 is 5.32 Å². The highest BCUT2D eigenvalue weighted by atomic mass is 127. The van der Waals surface area contributed by atoms with Gasteiger partial charge in [0.25, 0.3) is 0 Å². The Morgan fingerprint density at radius 1 is 1.26 bits per heavy atom. The van der Waals surface area contributed by atoms with Gasteiger partial charge in [-0.3, -0.25) is 14.7 Å². The van der Waals surface area contributed by atoms with Gasteiger partial charge in [-0.2, -0.15) is 13.2 Å². The van der Waals surface area contributed by atoms with Gasteiger partial charge in [-0.15, -0.1) is 24.0 Å². The van der Waals surface area contributed by atoms with E-state index in [2.05, 4.69) is 10.3 Å². The van der Waals surface area contributed by atoms with Gasteiger partial charge >= 0.3 is 6.18 Å². The van der Waals surface area contributed by atoms with E-state index in [1.54, 1.807) is 21.1 Å². The number of aliphatic imine (C=N–C) groups is 1. The molecule has 1 saturated heterocycles. The van der Waals surface area contributed by atoms with Gasteiger partial charge in [0.2, 0.25) is 5.91 Å². The quantitative estimate of drug-likeness (QED) is 0.393. The second kappa shape index (κ2) is 9.50. The van der Waals surface area contributed by atoms with E-state index in [1.165, 1.54) is 16.7 Å². The van der Waals surface area contributed by atoms with Crippen LogP contribution in [0.5, 0.6) is 0 Å². The fraction of sp³-hybridized carbons (Fsp3) is 0.846. The molecule has 0 aromatic heterocycles. The number of nitrogens with zero attached hydrogens (tertiary/aromatic N) is 4. The third-order valence-corrected chi connectivity index (χ3v) is 3.74. The molecular formula is C13H25F3IN5O. The number of carbonyl (C=O) groups excluding carboxylic acids is 1. The molecule has 1 atom stereocenters. The summed E-state index contributed by atoms with van der Waals surface area (Å²) < 4.78 is 38.1. The SMILES string of the molecule is CN=C(NCC(=O)N(C)C)N1CCN(C(C)C(F)(F)F)CC1.I. The van der Waals surface area contributed by atoms with E-state index in [1.807, 2.05) is 4.90 Å². The maximum absolute atomic E-state index is 12.7. The molecule has 1 N–H and O–H groups in total. The number of rotatable bonds is 3. The Hall–Kier alpha value is -0.780. The van der Waals surface area contributed by atoms with Gasteiger partial charge in [0.05, 0.1) is 6.54 Å². The molecule has 0 aromatic rings. The monoisotopic (exact) mass is 451 g/mol. The molecule has 0 bridgehead atoms. The average Bonchev–Trinajstić information content (AvgIpc) is 2.46. The van der Waals surface area contributed by atoms with Crippen molar-refractivity contribution in [1.82, 2.24) is 20.0 Å². The Balaban J connectivity index is 0.00000484. The summed E-state index contributed by atoms with van der Waals surface area (Å²) in [5.41, 5.74) is 0. The predicted molar refractivity (Wildman–Crippen MR) is 94.1 cm³/mol. The second-order valence-electron chi connectivity index (χ2n) is 5.43. The van der Waals surface area contributed by atoms with Crippen LogP contribution in [0.2, 0.25) is 0 Å². The molecule has 1 aliphatic rings. The summed E-state index contributed by atoms with van der Waals surface area (Å²) in [6.07, 6.45) is -4.21. The number of nitrogens with one attached hydrogen (secondary N) is 1. The summed E-state index contributed by atoms with van der Waals surface area (Å²) in [4.78, 5) is 20.4. The van der Waals surface area contributed by atoms with E-state index in [4.69, 9.17) is 0 Å². The van der Waals surface area contributed by atoms with Crippen LogP contribution >= 0.6 is 24.0 Å². The van der Waals surface area contributed by atoms with Crippen LogP contribution in [0.15, 0.2) is 4.99 Å². The normalized spacial score (nSPS) is 18.2. The van der Waals surface area contributed by atoms with E-state index in [9.17, 15) is 18.0 Å². The summed E-state index contributed by atoms with van der Waals surface area (Å²) in [7, 11) is 4.90. The van der Waals surface area contributed by atoms with Crippen molar-refractivity contribution in [3.63, 3.8) is 0 Å². The zero-order valence-corrected chi connectivity index (χ0v) is 16.2. The largest absolute Gasteiger partial charge is 0.403 e. The van der Waals surface area contributed by atoms with Crippen LogP contribution in [0.25, 0.3) is 0 Å². The smallest absolute Gasteiger partial charge is 0.347 e. The topological polar surface area (TPSA) is 51.2 Å². The highest BCUT2D eigenvalue weighted by Crippen LogP contribution is 2.25. The molecular weight excluding hydrogens is 426 g/mol. The van der Waals surface area contributed by atoms with Gasteiger partial charge in [-0.05, 0) is 6.92 Å². The number of hydrogen-bond acceptors (Lipinski definition) is 3. The molecule has 1 unspecified atom stereocenters. The lowest BCUT2D eigenvalue weighted by Gasteiger charge is -2.39. The molecule has 1 fully saturated rings. The molecule has 0 saturated carbocycles. The first kappa shape index (κ1) is 22.2. The van der Waals surface area contributed by atoms with Crippen molar-refractivity contribution in [3.8, 4) is 0 Å². The number of hydrogen-bond donors (Lipinski definition) is 1. The standard InChI is InChI=1S/C13H24F3N5O.HI/c1-10(13(14,15)16)20-5-7-21(8-6-20)12(17-2)18-9-11(22)19(3)4;/h10H,5-9H2,1-4H3,(H,17,18);1H. The Morgan fingerprint density at radius 2 is 1.78 bits per heavy atom. The van der Waals surface area contributed by atoms with Gasteiger partial charge in [0.15, 0.2) is 5.96 Å². The van der Waals surface area contributed by atoms with Crippen molar-refractivity contribution in [2.75, 3.05) is 53.9 Å². The first-order valence-corrected chi connectivity index (χ1v) is 7.13. The van der Waals surface area contributed by atoms with Crippen LogP contribution in [0.3, 0.4) is 0 Å². The van der Waals surface area contributed by atoms with Crippen molar-refractivity contribution in [3.05, 3.63) is 0 Å². The minimum Gasteiger partial charge on any atom is -0.347 e. The zero-order valence-electron chi connectivity index (χ0n) is 13.9. The molecule has 10 heteroatoms. The van der Waals surface area contributed by atoms with Crippen molar-refractivity contribution in [2.45, 2.75) is 19.1 Å². The molecule has 0 aliphatic carbocycles.